The summed E-state index contributed by atoms with van der Waals surface area (Å²) in [6, 6.07) is 14.8. The molecule has 0 atom stereocenters. The predicted molar refractivity (Wildman–Crippen MR) is 133 cm³/mol. The molecule has 0 aromatic heterocycles. The predicted octanol–water partition coefficient (Wildman–Crippen LogP) is 2.80. The zero-order valence-electron chi connectivity index (χ0n) is 20.4. The monoisotopic (exact) mass is 488 g/mol. The first-order valence-corrected chi connectivity index (χ1v) is 13.3. The Morgan fingerprint density at radius 2 is 1.53 bits per heavy atom. The Balaban J connectivity index is 1.42. The second-order valence-corrected chi connectivity index (χ2v) is 10.3. The van der Waals surface area contributed by atoms with Crippen molar-refractivity contribution in [3.05, 3.63) is 59.7 Å². The number of hydrogen-bond donors (Lipinski definition) is 1. The summed E-state index contributed by atoms with van der Waals surface area (Å²) < 4.78 is 31.8. The number of rotatable bonds is 10. The van der Waals surface area contributed by atoms with Gasteiger partial charge in [-0.3, -0.25) is 4.90 Å². The van der Waals surface area contributed by atoms with Crippen molar-refractivity contribution in [2.45, 2.75) is 31.7 Å². The Kier molecular flexibility index (Phi) is 9.32. The van der Waals surface area contributed by atoms with Crippen LogP contribution in [0, 0.1) is 0 Å². The topological polar surface area (TPSA) is 82.2 Å². The quantitative estimate of drug-likeness (QED) is 0.556. The van der Waals surface area contributed by atoms with Crippen LogP contribution in [-0.2, 0) is 23.0 Å². The zero-order valence-corrected chi connectivity index (χ0v) is 21.2. The van der Waals surface area contributed by atoms with Crippen molar-refractivity contribution in [1.29, 1.82) is 0 Å². The Bertz CT molecular complexity index is 1010. The Morgan fingerprint density at radius 3 is 2.09 bits per heavy atom. The van der Waals surface area contributed by atoms with Crippen LogP contribution in [0.4, 0.5) is 4.79 Å². The van der Waals surface area contributed by atoms with Crippen molar-refractivity contribution in [3.8, 4) is 5.75 Å². The van der Waals surface area contributed by atoms with Crippen molar-refractivity contribution in [1.82, 2.24) is 19.4 Å². The summed E-state index contributed by atoms with van der Waals surface area (Å²) in [7, 11) is -1.80. The minimum atomic E-state index is -3.47. The molecule has 0 spiro atoms. The van der Waals surface area contributed by atoms with Crippen LogP contribution >= 0.6 is 0 Å². The van der Waals surface area contributed by atoms with Gasteiger partial charge in [0.25, 0.3) is 0 Å². The third-order valence-corrected chi connectivity index (χ3v) is 8.31. The number of hydrogen-bond acceptors (Lipinski definition) is 5. The number of nitrogens with zero attached hydrogens (tertiary/aromatic N) is 3. The van der Waals surface area contributed by atoms with E-state index in [1.165, 1.54) is 9.87 Å². The number of carbonyl (C=O) groups is 1. The van der Waals surface area contributed by atoms with Gasteiger partial charge in [0.15, 0.2) is 0 Å². The number of urea groups is 1. The van der Waals surface area contributed by atoms with E-state index >= 15 is 0 Å². The molecule has 0 bridgehead atoms. The molecule has 1 aliphatic rings. The van der Waals surface area contributed by atoms with Crippen molar-refractivity contribution in [2.24, 2.45) is 0 Å². The standard InChI is InChI=1S/C25H36N4O4S/c1-4-29(5-2)34(31,32)24-12-8-22(9-13-24)20-26-25(30)28-18-16-27(17-19-28)15-14-21-6-10-23(33-3)11-7-21/h6-13H,4-5,14-20H2,1-3H3,(H,26,30). The maximum absolute atomic E-state index is 12.6. The summed E-state index contributed by atoms with van der Waals surface area (Å²) in [4.78, 5) is 17.1. The molecule has 3 rings (SSSR count). The molecule has 1 saturated heterocycles. The number of carbonyl (C=O) groups excluding carboxylic acids is 1. The summed E-state index contributed by atoms with van der Waals surface area (Å²) in [6.07, 6.45) is 0.968. The fourth-order valence-electron chi connectivity index (χ4n) is 4.04. The molecular weight excluding hydrogens is 452 g/mol. The highest BCUT2D eigenvalue weighted by atomic mass is 32.2. The lowest BCUT2D eigenvalue weighted by molar-refractivity contribution is 0.140. The molecule has 0 saturated carbocycles. The number of ether oxygens (including phenoxy) is 1. The third-order valence-electron chi connectivity index (χ3n) is 6.25. The first kappa shape index (κ1) is 26.0. The van der Waals surface area contributed by atoms with Gasteiger partial charge >= 0.3 is 6.03 Å². The van der Waals surface area contributed by atoms with Crippen LogP contribution in [0.5, 0.6) is 5.75 Å². The van der Waals surface area contributed by atoms with Crippen LogP contribution in [0.3, 0.4) is 0 Å². The Labute approximate surface area is 203 Å². The maximum Gasteiger partial charge on any atom is 0.317 e. The minimum Gasteiger partial charge on any atom is -0.497 e. The van der Waals surface area contributed by atoms with E-state index < -0.39 is 10.0 Å². The molecule has 1 fully saturated rings. The average Bonchev–Trinajstić information content (AvgIpc) is 2.87. The van der Waals surface area contributed by atoms with Gasteiger partial charge in [-0.25, -0.2) is 13.2 Å². The highest BCUT2D eigenvalue weighted by Gasteiger charge is 2.22. The van der Waals surface area contributed by atoms with Crippen LogP contribution in [-0.4, -0.2) is 81.5 Å². The number of amides is 2. The van der Waals surface area contributed by atoms with E-state index in [0.717, 1.165) is 37.4 Å². The van der Waals surface area contributed by atoms with Crippen molar-refractivity contribution >= 4 is 16.1 Å². The van der Waals surface area contributed by atoms with Gasteiger partial charge in [-0.1, -0.05) is 38.1 Å². The first-order valence-electron chi connectivity index (χ1n) is 11.8. The average molecular weight is 489 g/mol. The second-order valence-electron chi connectivity index (χ2n) is 8.32. The minimum absolute atomic E-state index is 0.0883. The van der Waals surface area contributed by atoms with Gasteiger partial charge in [-0.15, -0.1) is 0 Å². The molecule has 8 nitrogen and oxygen atoms in total. The van der Waals surface area contributed by atoms with Gasteiger partial charge in [-0.2, -0.15) is 4.31 Å². The van der Waals surface area contributed by atoms with E-state index in [0.29, 0.717) is 32.7 Å². The molecule has 186 valence electrons. The molecule has 9 heteroatoms. The van der Waals surface area contributed by atoms with Gasteiger partial charge in [-0.05, 0) is 41.8 Å². The van der Waals surface area contributed by atoms with Gasteiger partial charge < -0.3 is 15.0 Å². The lowest BCUT2D eigenvalue weighted by Gasteiger charge is -2.34. The summed E-state index contributed by atoms with van der Waals surface area (Å²) in [6.45, 7) is 8.93. The first-order chi connectivity index (χ1) is 16.4. The molecule has 1 aliphatic heterocycles. The molecular formula is C25H36N4O4S. The molecule has 2 aromatic carbocycles. The summed E-state index contributed by atoms with van der Waals surface area (Å²) in [5.41, 5.74) is 2.14. The summed E-state index contributed by atoms with van der Waals surface area (Å²) in [5, 5.41) is 2.95. The fourth-order valence-corrected chi connectivity index (χ4v) is 5.49. The highest BCUT2D eigenvalue weighted by Crippen LogP contribution is 2.16. The van der Waals surface area contributed by atoms with Crippen LogP contribution in [0.2, 0.25) is 0 Å². The molecule has 0 aliphatic carbocycles. The molecule has 2 amide bonds. The number of methoxy groups -OCH3 is 1. The number of nitrogens with one attached hydrogen (secondary N) is 1. The van der Waals surface area contributed by atoms with Gasteiger partial charge in [0.1, 0.15) is 5.75 Å². The smallest absolute Gasteiger partial charge is 0.317 e. The molecule has 0 unspecified atom stereocenters. The molecule has 34 heavy (non-hydrogen) atoms. The van der Waals surface area contributed by atoms with E-state index in [1.54, 1.807) is 31.4 Å². The van der Waals surface area contributed by atoms with Gasteiger partial charge in [0.2, 0.25) is 10.0 Å². The van der Waals surface area contributed by atoms with Gasteiger partial charge in [0, 0.05) is 52.4 Å². The third kappa shape index (κ3) is 6.71. The molecule has 1 heterocycles. The zero-order chi connectivity index (χ0) is 24.6. The second kappa shape index (κ2) is 12.2. The van der Waals surface area contributed by atoms with E-state index in [2.05, 4.69) is 22.3 Å². The Morgan fingerprint density at radius 1 is 0.941 bits per heavy atom. The van der Waals surface area contributed by atoms with Crippen LogP contribution in [0.15, 0.2) is 53.4 Å². The van der Waals surface area contributed by atoms with Crippen molar-refractivity contribution in [2.75, 3.05) is 52.9 Å². The van der Waals surface area contributed by atoms with Crippen LogP contribution in [0.1, 0.15) is 25.0 Å². The molecule has 1 N–H and O–H groups in total. The van der Waals surface area contributed by atoms with Crippen LogP contribution < -0.4 is 10.1 Å². The van der Waals surface area contributed by atoms with E-state index in [4.69, 9.17) is 4.74 Å². The number of benzene rings is 2. The fraction of sp³-hybridized carbons (Fsp3) is 0.480. The lowest BCUT2D eigenvalue weighted by atomic mass is 10.1. The van der Waals surface area contributed by atoms with E-state index in [-0.39, 0.29) is 10.9 Å². The van der Waals surface area contributed by atoms with Crippen molar-refractivity contribution in [3.63, 3.8) is 0 Å². The maximum atomic E-state index is 12.6. The van der Waals surface area contributed by atoms with E-state index in [9.17, 15) is 13.2 Å². The normalized spacial score (nSPS) is 14.9. The number of sulfonamides is 1. The van der Waals surface area contributed by atoms with Crippen molar-refractivity contribution < 1.29 is 17.9 Å². The Hall–Kier alpha value is -2.62. The summed E-state index contributed by atoms with van der Waals surface area (Å²) in [5.74, 6) is 0.865. The largest absolute Gasteiger partial charge is 0.497 e. The van der Waals surface area contributed by atoms with E-state index in [1.807, 2.05) is 30.9 Å². The molecule has 2 aromatic rings. The SMILES string of the molecule is CCN(CC)S(=O)(=O)c1ccc(CNC(=O)N2CCN(CCc3ccc(OC)cc3)CC2)cc1. The van der Waals surface area contributed by atoms with Gasteiger partial charge in [0.05, 0.1) is 12.0 Å². The number of piperazine rings is 1. The highest BCUT2D eigenvalue weighted by molar-refractivity contribution is 7.89. The van der Waals surface area contributed by atoms with Crippen LogP contribution in [0.25, 0.3) is 0 Å². The molecule has 0 radical (unpaired) electrons. The summed E-state index contributed by atoms with van der Waals surface area (Å²) >= 11 is 0. The lowest BCUT2D eigenvalue weighted by Crippen LogP contribution is -2.51.